The van der Waals surface area contributed by atoms with Crippen LogP contribution in [0.15, 0.2) is 0 Å². The molecule has 0 saturated carbocycles. The molecule has 0 spiro atoms. The van der Waals surface area contributed by atoms with Crippen molar-refractivity contribution >= 4 is 11.9 Å². The van der Waals surface area contributed by atoms with Gasteiger partial charge in [0, 0.05) is 6.04 Å². The molecule has 1 aliphatic rings. The zero-order valence-corrected chi connectivity index (χ0v) is 10.9. The largest absolute Gasteiger partial charge is 0.466 e. The first-order valence-corrected chi connectivity index (χ1v) is 6.17. The van der Waals surface area contributed by atoms with Gasteiger partial charge in [-0.25, -0.2) is 9.59 Å². The molecule has 0 aliphatic carbocycles. The van der Waals surface area contributed by atoms with Crippen LogP contribution in [0.5, 0.6) is 0 Å². The summed E-state index contributed by atoms with van der Waals surface area (Å²) in [5, 5.41) is 13.4. The minimum absolute atomic E-state index is 0.00398. The van der Waals surface area contributed by atoms with E-state index in [0.717, 1.165) is 40.0 Å². The van der Waals surface area contributed by atoms with E-state index >= 15 is 0 Å². The third-order valence-electron chi connectivity index (χ3n) is 3.31. The number of carbonyl (C=O) groups excluding carboxylic acids is 2. The predicted octanol–water partition coefficient (Wildman–Crippen LogP) is -0.0142. The lowest BCUT2D eigenvalue weighted by molar-refractivity contribution is -0.181. The monoisotopic (exact) mass is 259 g/mol. The van der Waals surface area contributed by atoms with Gasteiger partial charge >= 0.3 is 11.9 Å². The van der Waals surface area contributed by atoms with E-state index in [2.05, 4.69) is 14.8 Å². The van der Waals surface area contributed by atoms with Crippen molar-refractivity contribution in [1.82, 2.24) is 5.32 Å². The van der Waals surface area contributed by atoms with Crippen molar-refractivity contribution in [3.8, 4) is 0 Å². The molecule has 0 radical (unpaired) electrons. The molecule has 0 bridgehead atoms. The van der Waals surface area contributed by atoms with Gasteiger partial charge in [0.05, 0.1) is 14.2 Å². The summed E-state index contributed by atoms with van der Waals surface area (Å²) in [4.78, 5) is 23.0. The van der Waals surface area contributed by atoms with E-state index in [1.807, 2.05) is 0 Å². The second-order valence-electron chi connectivity index (χ2n) is 4.53. The second kappa shape index (κ2) is 6.70. The minimum Gasteiger partial charge on any atom is -0.466 e. The van der Waals surface area contributed by atoms with Crippen LogP contribution in [0, 0.1) is 0 Å². The highest BCUT2D eigenvalue weighted by Gasteiger charge is 2.46. The van der Waals surface area contributed by atoms with Crippen molar-refractivity contribution in [2.45, 2.75) is 43.7 Å². The van der Waals surface area contributed by atoms with Gasteiger partial charge in [-0.2, -0.15) is 0 Å². The molecule has 104 valence electrons. The van der Waals surface area contributed by atoms with Crippen LogP contribution in [0.2, 0.25) is 0 Å². The Morgan fingerprint density at radius 3 is 2.33 bits per heavy atom. The Morgan fingerprint density at radius 1 is 1.28 bits per heavy atom. The van der Waals surface area contributed by atoms with Gasteiger partial charge in [0.25, 0.3) is 5.60 Å². The highest BCUT2D eigenvalue weighted by Crippen LogP contribution is 2.21. The summed E-state index contributed by atoms with van der Waals surface area (Å²) in [7, 11) is 2.27. The summed E-state index contributed by atoms with van der Waals surface area (Å²) in [5.74, 6) is -1.93. The van der Waals surface area contributed by atoms with E-state index in [-0.39, 0.29) is 12.5 Å². The highest BCUT2D eigenvalue weighted by atomic mass is 16.6. The molecule has 0 unspecified atom stereocenters. The van der Waals surface area contributed by atoms with Crippen LogP contribution in [-0.2, 0) is 19.1 Å². The Labute approximate surface area is 107 Å². The van der Waals surface area contributed by atoms with Crippen molar-refractivity contribution in [1.29, 1.82) is 0 Å². The topological polar surface area (TPSA) is 84.9 Å². The molecule has 1 rings (SSSR count). The summed E-state index contributed by atoms with van der Waals surface area (Å²) >= 11 is 0. The molecule has 0 aromatic carbocycles. The zero-order valence-electron chi connectivity index (χ0n) is 10.9. The Bertz CT molecular complexity index is 283. The van der Waals surface area contributed by atoms with Crippen molar-refractivity contribution < 1.29 is 24.2 Å². The van der Waals surface area contributed by atoms with Gasteiger partial charge in [-0.1, -0.05) is 6.42 Å². The fourth-order valence-electron chi connectivity index (χ4n) is 2.18. The maximum Gasteiger partial charge on any atom is 0.349 e. The maximum absolute atomic E-state index is 11.5. The number of hydrogen-bond donors (Lipinski definition) is 2. The second-order valence-corrected chi connectivity index (χ2v) is 4.53. The summed E-state index contributed by atoms with van der Waals surface area (Å²) < 4.78 is 8.94. The smallest absolute Gasteiger partial charge is 0.349 e. The third kappa shape index (κ3) is 3.43. The zero-order chi connectivity index (χ0) is 13.6. The van der Waals surface area contributed by atoms with Gasteiger partial charge in [-0.15, -0.1) is 0 Å². The molecule has 1 aliphatic heterocycles. The first-order chi connectivity index (χ1) is 8.54. The number of aliphatic hydroxyl groups is 1. The van der Waals surface area contributed by atoms with Gasteiger partial charge in [-0.3, -0.25) is 0 Å². The van der Waals surface area contributed by atoms with Gasteiger partial charge in [0.1, 0.15) is 0 Å². The SMILES string of the molecule is COC(=O)C(O)(CC[C@H]1CCCCN1)C(=O)OC. The number of carbonyl (C=O) groups is 2. The Balaban J connectivity index is 2.60. The summed E-state index contributed by atoms with van der Waals surface area (Å²) in [6, 6.07) is 0.222. The molecule has 0 aromatic heterocycles. The number of hydrogen-bond acceptors (Lipinski definition) is 6. The Kier molecular flexibility index (Phi) is 5.55. The molecule has 1 fully saturated rings. The van der Waals surface area contributed by atoms with Gasteiger partial charge < -0.3 is 19.9 Å². The number of nitrogens with one attached hydrogen (secondary N) is 1. The lowest BCUT2D eigenvalue weighted by Gasteiger charge is -2.27. The van der Waals surface area contributed by atoms with Crippen LogP contribution < -0.4 is 5.32 Å². The number of piperidine rings is 1. The van der Waals surface area contributed by atoms with Crippen molar-refractivity contribution in [2.24, 2.45) is 0 Å². The lowest BCUT2D eigenvalue weighted by Crippen LogP contribution is -2.49. The molecule has 6 heteroatoms. The van der Waals surface area contributed by atoms with E-state index < -0.39 is 17.5 Å². The van der Waals surface area contributed by atoms with Gasteiger partial charge in [0.2, 0.25) is 0 Å². The molecule has 0 aromatic rings. The highest BCUT2D eigenvalue weighted by molar-refractivity contribution is 6.03. The molecular formula is C12H21NO5. The Morgan fingerprint density at radius 2 is 1.89 bits per heavy atom. The van der Waals surface area contributed by atoms with E-state index in [4.69, 9.17) is 0 Å². The van der Waals surface area contributed by atoms with E-state index in [0.29, 0.717) is 6.42 Å². The molecule has 18 heavy (non-hydrogen) atoms. The number of rotatable bonds is 5. The van der Waals surface area contributed by atoms with Crippen LogP contribution in [0.25, 0.3) is 0 Å². The van der Waals surface area contributed by atoms with Crippen LogP contribution >= 0.6 is 0 Å². The normalized spacial score (nSPS) is 20.3. The average molecular weight is 259 g/mol. The minimum atomic E-state index is -2.19. The van der Waals surface area contributed by atoms with Crippen LogP contribution in [-0.4, -0.2) is 49.5 Å². The lowest BCUT2D eigenvalue weighted by atomic mass is 9.92. The first kappa shape index (κ1) is 14.9. The number of ether oxygens (including phenoxy) is 2. The van der Waals surface area contributed by atoms with Crippen LogP contribution in [0.1, 0.15) is 32.1 Å². The fraction of sp³-hybridized carbons (Fsp3) is 0.833. The van der Waals surface area contributed by atoms with E-state index in [1.54, 1.807) is 0 Å². The molecule has 6 nitrogen and oxygen atoms in total. The van der Waals surface area contributed by atoms with E-state index in [1.165, 1.54) is 0 Å². The summed E-state index contributed by atoms with van der Waals surface area (Å²) in [6.45, 7) is 0.930. The van der Waals surface area contributed by atoms with Gasteiger partial charge in [0.15, 0.2) is 0 Å². The molecule has 1 heterocycles. The number of methoxy groups -OCH3 is 2. The fourth-order valence-corrected chi connectivity index (χ4v) is 2.18. The van der Waals surface area contributed by atoms with Crippen molar-refractivity contribution in [3.05, 3.63) is 0 Å². The first-order valence-electron chi connectivity index (χ1n) is 6.17. The quantitative estimate of drug-likeness (QED) is 0.533. The maximum atomic E-state index is 11.5. The standard InChI is InChI=1S/C12H21NO5/c1-17-10(14)12(16,11(15)18-2)7-6-9-5-3-4-8-13-9/h9,13,16H,3-8H2,1-2H3/t9-/m1/s1. The van der Waals surface area contributed by atoms with Crippen molar-refractivity contribution in [3.63, 3.8) is 0 Å². The molecule has 0 amide bonds. The number of esters is 2. The van der Waals surface area contributed by atoms with E-state index in [9.17, 15) is 14.7 Å². The van der Waals surface area contributed by atoms with Crippen LogP contribution in [0.4, 0.5) is 0 Å². The Hall–Kier alpha value is -1.14. The molecule has 1 atom stereocenters. The van der Waals surface area contributed by atoms with Gasteiger partial charge in [-0.05, 0) is 32.2 Å². The summed E-state index contributed by atoms with van der Waals surface area (Å²) in [6.07, 6.45) is 3.77. The summed E-state index contributed by atoms with van der Waals surface area (Å²) in [5.41, 5.74) is -2.19. The molecular weight excluding hydrogens is 238 g/mol. The third-order valence-corrected chi connectivity index (χ3v) is 3.31. The predicted molar refractivity (Wildman–Crippen MR) is 63.9 cm³/mol. The molecule has 2 N–H and O–H groups in total. The van der Waals surface area contributed by atoms with Crippen LogP contribution in [0.3, 0.4) is 0 Å². The van der Waals surface area contributed by atoms with Crippen molar-refractivity contribution in [2.75, 3.05) is 20.8 Å². The average Bonchev–Trinajstić information content (AvgIpc) is 2.43. The molecule has 1 saturated heterocycles.